The standard InChI is InChI=1S/C12H9N3OS/c1-6-14-9-11(17-6)10(16)7-4-2-3-5-8(7)15-12(9)13/h2-5H,1H3,(H2,13,15). The van der Waals surface area contributed by atoms with Crippen LogP contribution >= 0.6 is 11.3 Å². The number of hydrogen-bond acceptors (Lipinski definition) is 5. The highest BCUT2D eigenvalue weighted by Crippen LogP contribution is 2.23. The van der Waals surface area contributed by atoms with Crippen LogP contribution in [0.5, 0.6) is 0 Å². The first kappa shape index (κ1) is 10.2. The molecule has 0 amide bonds. The van der Waals surface area contributed by atoms with E-state index in [1.54, 1.807) is 12.1 Å². The molecule has 0 spiro atoms. The van der Waals surface area contributed by atoms with E-state index in [1.165, 1.54) is 11.3 Å². The van der Waals surface area contributed by atoms with Gasteiger partial charge in [0.2, 0.25) is 5.43 Å². The molecule has 0 saturated heterocycles. The van der Waals surface area contributed by atoms with Gasteiger partial charge in [-0.25, -0.2) is 9.97 Å². The van der Waals surface area contributed by atoms with E-state index in [1.807, 2.05) is 19.1 Å². The maximum Gasteiger partial charge on any atom is 0.207 e. The van der Waals surface area contributed by atoms with Crippen molar-refractivity contribution in [2.75, 3.05) is 5.73 Å². The lowest BCUT2D eigenvalue weighted by Gasteiger charge is -1.89. The molecule has 4 nitrogen and oxygen atoms in total. The molecule has 0 atom stereocenters. The van der Waals surface area contributed by atoms with Gasteiger partial charge in [-0.1, -0.05) is 12.1 Å². The average molecular weight is 243 g/mol. The number of hydrogen-bond donors (Lipinski definition) is 1. The molecule has 0 fully saturated rings. The number of anilines is 1. The van der Waals surface area contributed by atoms with E-state index in [2.05, 4.69) is 9.97 Å². The monoisotopic (exact) mass is 243 g/mol. The van der Waals surface area contributed by atoms with Gasteiger partial charge in [0.15, 0.2) is 5.82 Å². The normalized spacial score (nSPS) is 11.1. The number of nitrogens with zero attached hydrogens (tertiary/aromatic N) is 2. The summed E-state index contributed by atoms with van der Waals surface area (Å²) in [6.07, 6.45) is 0. The summed E-state index contributed by atoms with van der Waals surface area (Å²) in [4.78, 5) is 20.9. The van der Waals surface area contributed by atoms with E-state index >= 15 is 0 Å². The average Bonchev–Trinajstić information content (AvgIpc) is 2.67. The Labute approximate surface area is 101 Å². The van der Waals surface area contributed by atoms with Crippen LogP contribution < -0.4 is 11.2 Å². The maximum absolute atomic E-state index is 12.3. The van der Waals surface area contributed by atoms with Gasteiger partial charge in [0.25, 0.3) is 0 Å². The van der Waals surface area contributed by atoms with Crippen LogP contribution in [0.25, 0.3) is 21.1 Å². The Balaban J connectivity index is 2.70. The Kier molecular flexibility index (Phi) is 2.09. The Hall–Kier alpha value is -2.01. The van der Waals surface area contributed by atoms with Crippen molar-refractivity contribution in [3.63, 3.8) is 0 Å². The maximum atomic E-state index is 12.3. The van der Waals surface area contributed by atoms with E-state index in [0.717, 1.165) is 5.01 Å². The lowest BCUT2D eigenvalue weighted by molar-refractivity contribution is 1.33. The fourth-order valence-corrected chi connectivity index (χ4v) is 2.70. The summed E-state index contributed by atoms with van der Waals surface area (Å²) in [5.41, 5.74) is 6.95. The van der Waals surface area contributed by atoms with Crippen LogP contribution in [-0.2, 0) is 0 Å². The van der Waals surface area contributed by atoms with Crippen LogP contribution in [0.3, 0.4) is 0 Å². The summed E-state index contributed by atoms with van der Waals surface area (Å²) in [6, 6.07) is 7.20. The van der Waals surface area contributed by atoms with Crippen LogP contribution in [0.1, 0.15) is 5.01 Å². The van der Waals surface area contributed by atoms with E-state index in [9.17, 15) is 4.79 Å². The molecule has 1 aromatic carbocycles. The van der Waals surface area contributed by atoms with E-state index in [4.69, 9.17) is 5.73 Å². The summed E-state index contributed by atoms with van der Waals surface area (Å²) in [5.74, 6) is 0.308. The fraction of sp³-hybridized carbons (Fsp3) is 0.0833. The lowest BCUT2D eigenvalue weighted by atomic mass is 10.2. The molecular formula is C12H9N3OS. The number of fused-ring (bicyclic) bond motifs is 2. The van der Waals surface area contributed by atoms with Crippen LogP contribution in [0.2, 0.25) is 0 Å². The van der Waals surface area contributed by atoms with Gasteiger partial charge < -0.3 is 5.73 Å². The molecular weight excluding hydrogens is 234 g/mol. The molecule has 17 heavy (non-hydrogen) atoms. The van der Waals surface area contributed by atoms with E-state index in [0.29, 0.717) is 26.9 Å². The summed E-state index contributed by atoms with van der Waals surface area (Å²) < 4.78 is 0.578. The largest absolute Gasteiger partial charge is 0.382 e. The van der Waals surface area contributed by atoms with Gasteiger partial charge in [0.1, 0.15) is 10.2 Å². The summed E-state index contributed by atoms with van der Waals surface area (Å²) in [7, 11) is 0. The smallest absolute Gasteiger partial charge is 0.207 e. The van der Waals surface area contributed by atoms with Crippen molar-refractivity contribution in [1.82, 2.24) is 9.97 Å². The van der Waals surface area contributed by atoms with Gasteiger partial charge in [0.05, 0.1) is 10.5 Å². The highest BCUT2D eigenvalue weighted by molar-refractivity contribution is 7.18. The predicted octanol–water partition coefficient (Wildman–Crippen LogP) is 2.10. The number of aryl methyl sites for hydroxylation is 1. The Morgan fingerprint density at radius 2 is 2.00 bits per heavy atom. The van der Waals surface area contributed by atoms with Crippen molar-refractivity contribution < 1.29 is 0 Å². The topological polar surface area (TPSA) is 68.9 Å². The number of nitrogens with two attached hydrogens (primary N) is 1. The van der Waals surface area contributed by atoms with Gasteiger partial charge in [-0.2, -0.15) is 0 Å². The second-order valence-electron chi connectivity index (χ2n) is 3.75. The Morgan fingerprint density at radius 1 is 1.24 bits per heavy atom. The molecule has 0 unspecified atom stereocenters. The third-order valence-corrected chi connectivity index (χ3v) is 3.54. The molecule has 5 heteroatoms. The third-order valence-electron chi connectivity index (χ3n) is 2.57. The minimum Gasteiger partial charge on any atom is -0.382 e. The minimum absolute atomic E-state index is 0.0506. The second-order valence-corrected chi connectivity index (χ2v) is 4.96. The molecule has 3 aromatic rings. The lowest BCUT2D eigenvalue weighted by Crippen LogP contribution is -1.95. The zero-order valence-electron chi connectivity index (χ0n) is 9.10. The van der Waals surface area contributed by atoms with Crippen molar-refractivity contribution in [2.24, 2.45) is 0 Å². The van der Waals surface area contributed by atoms with E-state index < -0.39 is 0 Å². The highest BCUT2D eigenvalue weighted by Gasteiger charge is 2.10. The first-order valence-electron chi connectivity index (χ1n) is 5.12. The van der Waals surface area contributed by atoms with Crippen molar-refractivity contribution in [2.45, 2.75) is 6.92 Å². The second kappa shape index (κ2) is 3.49. The van der Waals surface area contributed by atoms with Gasteiger partial charge in [-0.05, 0) is 19.1 Å². The van der Waals surface area contributed by atoms with Crippen molar-refractivity contribution >= 4 is 38.3 Å². The number of benzene rings is 1. The Morgan fingerprint density at radius 3 is 2.82 bits per heavy atom. The third kappa shape index (κ3) is 1.47. The van der Waals surface area contributed by atoms with Gasteiger partial charge >= 0.3 is 0 Å². The van der Waals surface area contributed by atoms with E-state index in [-0.39, 0.29) is 5.43 Å². The molecule has 3 rings (SSSR count). The van der Waals surface area contributed by atoms with Gasteiger partial charge in [0, 0.05) is 5.39 Å². The minimum atomic E-state index is -0.0506. The summed E-state index contributed by atoms with van der Waals surface area (Å²) in [6.45, 7) is 1.85. The zero-order chi connectivity index (χ0) is 12.0. The Bertz CT molecular complexity index is 795. The first-order chi connectivity index (χ1) is 8.16. The molecule has 2 heterocycles. The zero-order valence-corrected chi connectivity index (χ0v) is 9.91. The molecule has 0 aliphatic heterocycles. The van der Waals surface area contributed by atoms with Crippen LogP contribution in [0.15, 0.2) is 29.1 Å². The number of thiazole rings is 1. The highest BCUT2D eigenvalue weighted by atomic mass is 32.1. The SMILES string of the molecule is Cc1nc2c(N)nc3ccccc3c(=O)c2s1. The van der Waals surface area contributed by atoms with Crippen molar-refractivity contribution in [1.29, 1.82) is 0 Å². The summed E-state index contributed by atoms with van der Waals surface area (Å²) >= 11 is 1.36. The molecule has 0 aliphatic rings. The molecule has 0 bridgehead atoms. The number of para-hydroxylation sites is 1. The van der Waals surface area contributed by atoms with Crippen LogP contribution in [0.4, 0.5) is 5.82 Å². The molecule has 84 valence electrons. The quantitative estimate of drug-likeness (QED) is 0.656. The predicted molar refractivity (Wildman–Crippen MR) is 70.3 cm³/mol. The number of aromatic nitrogens is 2. The van der Waals surface area contributed by atoms with Crippen LogP contribution in [-0.4, -0.2) is 9.97 Å². The molecule has 0 saturated carbocycles. The van der Waals surface area contributed by atoms with Crippen LogP contribution in [0, 0.1) is 6.92 Å². The summed E-state index contributed by atoms with van der Waals surface area (Å²) in [5, 5.41) is 1.40. The first-order valence-corrected chi connectivity index (χ1v) is 5.94. The molecule has 2 aromatic heterocycles. The van der Waals surface area contributed by atoms with Crippen molar-refractivity contribution in [3.05, 3.63) is 39.5 Å². The number of rotatable bonds is 0. The van der Waals surface area contributed by atoms with Gasteiger partial charge in [-0.3, -0.25) is 4.79 Å². The van der Waals surface area contributed by atoms with Gasteiger partial charge in [-0.15, -0.1) is 11.3 Å². The number of nitrogen functional groups attached to an aromatic ring is 1. The molecule has 2 N–H and O–H groups in total. The fourth-order valence-electron chi connectivity index (χ4n) is 1.82. The molecule has 0 radical (unpaired) electrons. The van der Waals surface area contributed by atoms with Crippen molar-refractivity contribution in [3.8, 4) is 0 Å². The molecule has 0 aliphatic carbocycles.